The molecule has 1 aliphatic carbocycles. The Bertz CT molecular complexity index is 1050. The van der Waals surface area contributed by atoms with Crippen LogP contribution in [0.3, 0.4) is 0 Å². The maximum atomic E-state index is 14.2. The molecule has 3 aromatic rings. The minimum atomic E-state index is -0.351. The van der Waals surface area contributed by atoms with Gasteiger partial charge in [0.05, 0.1) is 5.69 Å². The number of halogens is 3. The molecule has 1 aliphatic heterocycles. The molecule has 3 atom stereocenters. The Hall–Kier alpha value is -2.16. The maximum Gasteiger partial charge on any atom is 0.123 e. The normalized spacial score (nSPS) is 25.3. The Balaban J connectivity index is 1.74. The van der Waals surface area contributed by atoms with Gasteiger partial charge in [0, 0.05) is 21.7 Å². The zero-order chi connectivity index (χ0) is 20.0. The first-order chi connectivity index (χ1) is 14.1. The Morgan fingerprint density at radius 1 is 0.828 bits per heavy atom. The van der Waals surface area contributed by atoms with Gasteiger partial charge in [-0.2, -0.15) is 0 Å². The van der Waals surface area contributed by atoms with E-state index in [9.17, 15) is 4.39 Å². The summed E-state index contributed by atoms with van der Waals surface area (Å²) in [5.74, 6) is 0.130. The van der Waals surface area contributed by atoms with Gasteiger partial charge in [0.1, 0.15) is 5.82 Å². The third-order valence-corrected chi connectivity index (χ3v) is 6.95. The molecule has 0 radical (unpaired) electrons. The lowest BCUT2D eigenvalue weighted by Crippen LogP contribution is -2.43. The third-order valence-electron chi connectivity index (χ3n) is 6.48. The predicted molar refractivity (Wildman–Crippen MR) is 118 cm³/mol. The largest absolute Gasteiger partial charge is 0.260 e. The fourth-order valence-electron chi connectivity index (χ4n) is 5.36. The zero-order valence-electron chi connectivity index (χ0n) is 15.8. The highest BCUT2D eigenvalue weighted by Crippen LogP contribution is 2.59. The van der Waals surface area contributed by atoms with Gasteiger partial charge in [-0.05, 0) is 77.8 Å². The summed E-state index contributed by atoms with van der Waals surface area (Å²) in [4.78, 5) is 4.80. The topological polar surface area (TPSA) is 12.4 Å². The Kier molecular flexibility index (Phi) is 4.72. The molecule has 0 amide bonds. The quantitative estimate of drug-likeness (QED) is 0.397. The lowest BCUT2D eigenvalue weighted by Gasteiger charge is -2.47. The number of benzene rings is 3. The molecule has 0 bridgehead atoms. The molecular weight excluding hydrogens is 404 g/mol. The van der Waals surface area contributed by atoms with Gasteiger partial charge in [-0.25, -0.2) is 4.39 Å². The molecule has 0 N–H and O–H groups in total. The molecule has 1 heterocycles. The molecule has 3 aromatic carbocycles. The fraction of sp³-hybridized carbons (Fsp3) is 0.240. The summed E-state index contributed by atoms with van der Waals surface area (Å²) >= 11 is 12.6. The predicted octanol–water partition coefficient (Wildman–Crippen LogP) is 7.84. The van der Waals surface area contributed by atoms with E-state index in [-0.39, 0.29) is 23.1 Å². The van der Waals surface area contributed by atoms with Crippen LogP contribution in [0.25, 0.3) is 0 Å². The molecule has 0 aromatic heterocycles. The number of rotatable bonds is 2. The molecule has 1 fully saturated rings. The van der Waals surface area contributed by atoms with Crippen molar-refractivity contribution in [1.82, 2.24) is 0 Å². The van der Waals surface area contributed by atoms with E-state index in [1.54, 1.807) is 12.1 Å². The number of nitrogens with zero attached hydrogens (tertiary/aromatic N) is 1. The summed E-state index contributed by atoms with van der Waals surface area (Å²) in [6, 6.07) is 21.1. The molecule has 1 saturated carbocycles. The Labute approximate surface area is 180 Å². The number of fused-ring (bicyclic) bond motifs is 2. The molecule has 3 unspecified atom stereocenters. The summed E-state index contributed by atoms with van der Waals surface area (Å²) in [7, 11) is 0. The van der Waals surface area contributed by atoms with Gasteiger partial charge in [-0.15, -0.1) is 0 Å². The second kappa shape index (κ2) is 7.27. The SMILES string of the molecule is Fc1cccc(C2CCCC(c3cccc(Cl)c3)C23C=Nc2cc(Cl)ccc23)c1. The van der Waals surface area contributed by atoms with Crippen LogP contribution in [-0.2, 0) is 5.41 Å². The Morgan fingerprint density at radius 2 is 1.52 bits per heavy atom. The highest BCUT2D eigenvalue weighted by Gasteiger charge is 2.52. The number of aliphatic imine (C=N–C) groups is 1. The summed E-state index contributed by atoms with van der Waals surface area (Å²) in [5, 5.41) is 1.41. The van der Waals surface area contributed by atoms with Gasteiger partial charge in [0.25, 0.3) is 0 Å². The van der Waals surface area contributed by atoms with Crippen LogP contribution >= 0.6 is 23.2 Å². The molecule has 0 saturated heterocycles. The van der Waals surface area contributed by atoms with Crippen LogP contribution in [0.2, 0.25) is 10.0 Å². The van der Waals surface area contributed by atoms with Crippen LogP contribution < -0.4 is 0 Å². The molecule has 5 rings (SSSR count). The third kappa shape index (κ3) is 3.10. The van der Waals surface area contributed by atoms with Crippen LogP contribution in [0.15, 0.2) is 71.7 Å². The van der Waals surface area contributed by atoms with Crippen LogP contribution in [-0.4, -0.2) is 6.21 Å². The smallest absolute Gasteiger partial charge is 0.123 e. The molecule has 2 aliphatic rings. The van der Waals surface area contributed by atoms with E-state index < -0.39 is 0 Å². The van der Waals surface area contributed by atoms with Crippen molar-refractivity contribution >= 4 is 35.1 Å². The van der Waals surface area contributed by atoms with Crippen LogP contribution in [0.4, 0.5) is 10.1 Å². The molecule has 4 heteroatoms. The van der Waals surface area contributed by atoms with E-state index in [2.05, 4.69) is 24.4 Å². The number of hydrogen-bond acceptors (Lipinski definition) is 1. The van der Waals surface area contributed by atoms with Crippen LogP contribution in [0, 0.1) is 5.82 Å². The van der Waals surface area contributed by atoms with E-state index in [1.807, 2.05) is 30.3 Å². The van der Waals surface area contributed by atoms with Crippen molar-refractivity contribution in [1.29, 1.82) is 0 Å². The lowest BCUT2D eigenvalue weighted by molar-refractivity contribution is 0.290. The van der Waals surface area contributed by atoms with Gasteiger partial charge in [0.2, 0.25) is 0 Å². The minimum absolute atomic E-state index is 0.127. The maximum absolute atomic E-state index is 14.2. The first-order valence-electron chi connectivity index (χ1n) is 9.94. The van der Waals surface area contributed by atoms with E-state index in [4.69, 9.17) is 28.2 Å². The summed E-state index contributed by atoms with van der Waals surface area (Å²) in [6.07, 6.45) is 5.17. The highest BCUT2D eigenvalue weighted by atomic mass is 35.5. The van der Waals surface area contributed by atoms with Gasteiger partial charge in [-0.1, -0.05) is 60.0 Å². The average Bonchev–Trinajstić information content (AvgIpc) is 3.06. The van der Waals surface area contributed by atoms with Crippen LogP contribution in [0.5, 0.6) is 0 Å². The molecular formula is C25H20Cl2FN. The van der Waals surface area contributed by atoms with Gasteiger partial charge in [-0.3, -0.25) is 4.99 Å². The van der Waals surface area contributed by atoms with E-state index in [0.717, 1.165) is 35.5 Å². The average molecular weight is 424 g/mol. The monoisotopic (exact) mass is 423 g/mol. The fourth-order valence-corrected chi connectivity index (χ4v) is 5.72. The zero-order valence-corrected chi connectivity index (χ0v) is 17.3. The highest BCUT2D eigenvalue weighted by molar-refractivity contribution is 6.31. The van der Waals surface area contributed by atoms with Crippen molar-refractivity contribution in [2.45, 2.75) is 36.5 Å². The number of hydrogen-bond donors (Lipinski definition) is 0. The Morgan fingerprint density at radius 3 is 2.24 bits per heavy atom. The van der Waals surface area contributed by atoms with E-state index in [1.165, 1.54) is 17.2 Å². The summed E-state index contributed by atoms with van der Waals surface area (Å²) < 4.78 is 14.2. The lowest BCUT2D eigenvalue weighted by atomic mass is 9.55. The first-order valence-corrected chi connectivity index (χ1v) is 10.7. The van der Waals surface area contributed by atoms with Gasteiger partial charge < -0.3 is 0 Å². The molecule has 146 valence electrons. The van der Waals surface area contributed by atoms with Crippen molar-refractivity contribution in [2.24, 2.45) is 4.99 Å². The van der Waals surface area contributed by atoms with Crippen molar-refractivity contribution < 1.29 is 4.39 Å². The van der Waals surface area contributed by atoms with Crippen molar-refractivity contribution in [2.75, 3.05) is 0 Å². The van der Waals surface area contributed by atoms with Crippen LogP contribution in [0.1, 0.15) is 47.8 Å². The molecule has 1 nitrogen and oxygen atoms in total. The molecule has 1 spiro atoms. The first kappa shape index (κ1) is 18.8. The van der Waals surface area contributed by atoms with E-state index >= 15 is 0 Å². The van der Waals surface area contributed by atoms with Gasteiger partial charge in [0.15, 0.2) is 0 Å². The minimum Gasteiger partial charge on any atom is -0.260 e. The van der Waals surface area contributed by atoms with Crippen molar-refractivity contribution in [3.63, 3.8) is 0 Å². The summed E-state index contributed by atoms with van der Waals surface area (Å²) in [5.41, 5.74) is 3.95. The van der Waals surface area contributed by atoms with Crippen molar-refractivity contribution in [3.8, 4) is 0 Å². The molecule has 29 heavy (non-hydrogen) atoms. The standard InChI is InChI=1S/C25H20Cl2FN/c26-18-6-1-4-16(12-18)21-8-3-9-22(17-5-2-7-20(28)13-17)25(21)15-29-24-14-19(27)10-11-23(24)25/h1-2,4-7,10-15,21-22H,3,8-9H2. The van der Waals surface area contributed by atoms with Crippen molar-refractivity contribution in [3.05, 3.63) is 99.3 Å². The van der Waals surface area contributed by atoms with E-state index in [0.29, 0.717) is 5.02 Å². The van der Waals surface area contributed by atoms with Gasteiger partial charge >= 0.3 is 0 Å². The second-order valence-corrected chi connectivity index (χ2v) is 8.87. The summed E-state index contributed by atoms with van der Waals surface area (Å²) in [6.45, 7) is 0. The second-order valence-electron chi connectivity index (χ2n) is 8.00.